The molecule has 0 aromatic heterocycles. The van der Waals surface area contributed by atoms with E-state index in [1.807, 2.05) is 0 Å². The zero-order chi connectivity index (χ0) is 15.1. The molecule has 0 amide bonds. The smallest absolute Gasteiger partial charge is 0.0398 e. The monoisotopic (exact) mass is 276 g/mol. The summed E-state index contributed by atoms with van der Waals surface area (Å²) in [5.41, 5.74) is 10.0. The van der Waals surface area contributed by atoms with Gasteiger partial charge in [-0.1, -0.05) is 32.4 Å². The third kappa shape index (κ3) is 4.82. The minimum Gasteiger partial charge on any atom is -0.369 e. The van der Waals surface area contributed by atoms with Crippen LogP contribution in [0.1, 0.15) is 58.1 Å². The molecule has 0 heterocycles. The van der Waals surface area contributed by atoms with Crippen molar-refractivity contribution >= 4 is 5.69 Å². The quantitative estimate of drug-likeness (QED) is 0.767. The molecule has 0 fully saturated rings. The van der Waals surface area contributed by atoms with Crippen LogP contribution in [0.5, 0.6) is 0 Å². The van der Waals surface area contributed by atoms with Gasteiger partial charge in [0.25, 0.3) is 0 Å². The van der Waals surface area contributed by atoms with E-state index in [4.69, 9.17) is 5.73 Å². The number of rotatable bonds is 8. The molecule has 0 bridgehead atoms. The van der Waals surface area contributed by atoms with E-state index in [9.17, 15) is 0 Å². The molecular weight excluding hydrogens is 244 g/mol. The molecule has 114 valence electrons. The van der Waals surface area contributed by atoms with Gasteiger partial charge < -0.3 is 10.6 Å². The summed E-state index contributed by atoms with van der Waals surface area (Å²) in [5.74, 6) is 0. The molecular formula is C18H32N2. The van der Waals surface area contributed by atoms with Crippen molar-refractivity contribution < 1.29 is 0 Å². The van der Waals surface area contributed by atoms with Gasteiger partial charge >= 0.3 is 0 Å². The Morgan fingerprint density at radius 3 is 2.40 bits per heavy atom. The van der Waals surface area contributed by atoms with Crippen molar-refractivity contribution in [2.24, 2.45) is 5.73 Å². The number of benzene rings is 1. The molecule has 0 aliphatic carbocycles. The van der Waals surface area contributed by atoms with Crippen LogP contribution in [0.25, 0.3) is 0 Å². The summed E-state index contributed by atoms with van der Waals surface area (Å²) >= 11 is 0. The average molecular weight is 276 g/mol. The van der Waals surface area contributed by atoms with Gasteiger partial charge in [0.1, 0.15) is 0 Å². The van der Waals surface area contributed by atoms with Gasteiger partial charge in [-0.3, -0.25) is 0 Å². The van der Waals surface area contributed by atoms with Crippen LogP contribution in [-0.2, 0) is 6.42 Å². The molecule has 2 N–H and O–H groups in total. The lowest BCUT2D eigenvalue weighted by Gasteiger charge is -2.32. The fraction of sp³-hybridized carbons (Fsp3) is 0.667. The van der Waals surface area contributed by atoms with E-state index in [1.54, 1.807) is 0 Å². The summed E-state index contributed by atoms with van der Waals surface area (Å²) in [6.45, 7) is 12.3. The molecule has 0 spiro atoms. The van der Waals surface area contributed by atoms with Crippen molar-refractivity contribution in [3.63, 3.8) is 0 Å². The first-order valence-electron chi connectivity index (χ1n) is 8.11. The Morgan fingerprint density at radius 2 is 1.90 bits per heavy atom. The van der Waals surface area contributed by atoms with E-state index in [2.05, 4.69) is 57.7 Å². The lowest BCUT2D eigenvalue weighted by atomic mass is 10.0. The lowest BCUT2D eigenvalue weighted by Crippen LogP contribution is -2.34. The SMILES string of the molecule is CCCCN(c1ccc(CC(C)N)cc1C)C(C)CC. The maximum absolute atomic E-state index is 5.90. The van der Waals surface area contributed by atoms with Gasteiger partial charge in [-0.2, -0.15) is 0 Å². The van der Waals surface area contributed by atoms with Crippen LogP contribution >= 0.6 is 0 Å². The molecule has 0 aliphatic heterocycles. The summed E-state index contributed by atoms with van der Waals surface area (Å²) in [6.07, 6.45) is 4.64. The third-order valence-corrected chi connectivity index (χ3v) is 4.00. The van der Waals surface area contributed by atoms with E-state index in [0.29, 0.717) is 6.04 Å². The predicted octanol–water partition coefficient (Wildman–Crippen LogP) is 4.29. The Hall–Kier alpha value is -1.02. The first-order valence-corrected chi connectivity index (χ1v) is 8.11. The number of unbranched alkanes of at least 4 members (excludes halogenated alkanes) is 1. The highest BCUT2D eigenvalue weighted by atomic mass is 15.2. The summed E-state index contributed by atoms with van der Waals surface area (Å²) in [6, 6.07) is 7.66. The van der Waals surface area contributed by atoms with Gasteiger partial charge in [0.2, 0.25) is 0 Å². The second-order valence-electron chi connectivity index (χ2n) is 6.11. The molecule has 0 saturated carbocycles. The lowest BCUT2D eigenvalue weighted by molar-refractivity contribution is 0.594. The second-order valence-corrected chi connectivity index (χ2v) is 6.11. The highest BCUT2D eigenvalue weighted by Crippen LogP contribution is 2.25. The largest absolute Gasteiger partial charge is 0.369 e. The van der Waals surface area contributed by atoms with Crippen molar-refractivity contribution in [2.45, 2.75) is 72.4 Å². The van der Waals surface area contributed by atoms with Crippen LogP contribution in [0.15, 0.2) is 18.2 Å². The van der Waals surface area contributed by atoms with Crippen LogP contribution in [0.3, 0.4) is 0 Å². The molecule has 2 unspecified atom stereocenters. The number of anilines is 1. The van der Waals surface area contributed by atoms with E-state index >= 15 is 0 Å². The summed E-state index contributed by atoms with van der Waals surface area (Å²) < 4.78 is 0. The van der Waals surface area contributed by atoms with E-state index in [1.165, 1.54) is 36.1 Å². The fourth-order valence-corrected chi connectivity index (χ4v) is 2.67. The molecule has 0 aliphatic rings. The van der Waals surface area contributed by atoms with Crippen LogP contribution in [0.2, 0.25) is 0 Å². The highest BCUT2D eigenvalue weighted by Gasteiger charge is 2.14. The Labute approximate surface area is 125 Å². The number of aryl methyl sites for hydroxylation is 1. The van der Waals surface area contributed by atoms with Crippen molar-refractivity contribution in [1.82, 2.24) is 0 Å². The standard InChI is InChI=1S/C18H32N2/c1-6-8-11-20(16(5)7-2)18-10-9-17(12-14(18)3)13-15(4)19/h9-10,12,15-16H,6-8,11,13,19H2,1-5H3. The maximum Gasteiger partial charge on any atom is 0.0398 e. The number of hydrogen-bond acceptors (Lipinski definition) is 2. The molecule has 0 radical (unpaired) electrons. The van der Waals surface area contributed by atoms with Crippen molar-refractivity contribution in [1.29, 1.82) is 0 Å². The number of hydrogen-bond donors (Lipinski definition) is 1. The molecule has 0 saturated heterocycles. The Balaban J connectivity index is 2.95. The molecule has 2 heteroatoms. The molecule has 1 aromatic rings. The number of nitrogens with two attached hydrogens (primary N) is 1. The highest BCUT2D eigenvalue weighted by molar-refractivity contribution is 5.55. The number of nitrogens with zero attached hydrogens (tertiary/aromatic N) is 1. The van der Waals surface area contributed by atoms with Gasteiger partial charge in [-0.15, -0.1) is 0 Å². The van der Waals surface area contributed by atoms with Gasteiger partial charge in [-0.05, 0) is 57.2 Å². The first-order chi connectivity index (χ1) is 9.49. The predicted molar refractivity (Wildman–Crippen MR) is 90.5 cm³/mol. The van der Waals surface area contributed by atoms with E-state index in [0.717, 1.165) is 13.0 Å². The van der Waals surface area contributed by atoms with Crippen LogP contribution < -0.4 is 10.6 Å². The second kappa shape index (κ2) is 8.31. The Bertz CT molecular complexity index is 398. The van der Waals surface area contributed by atoms with Crippen LogP contribution in [-0.4, -0.2) is 18.6 Å². The topological polar surface area (TPSA) is 29.3 Å². The van der Waals surface area contributed by atoms with Gasteiger partial charge in [-0.25, -0.2) is 0 Å². The van der Waals surface area contributed by atoms with Crippen molar-refractivity contribution in [2.75, 3.05) is 11.4 Å². The first kappa shape index (κ1) is 17.0. The fourth-order valence-electron chi connectivity index (χ4n) is 2.67. The van der Waals surface area contributed by atoms with E-state index in [-0.39, 0.29) is 6.04 Å². The minimum absolute atomic E-state index is 0.228. The third-order valence-electron chi connectivity index (χ3n) is 4.00. The summed E-state index contributed by atoms with van der Waals surface area (Å²) in [7, 11) is 0. The van der Waals surface area contributed by atoms with Gasteiger partial charge in [0.05, 0.1) is 0 Å². The molecule has 2 nitrogen and oxygen atoms in total. The summed E-state index contributed by atoms with van der Waals surface area (Å²) in [4.78, 5) is 2.56. The normalized spacial score (nSPS) is 14.1. The van der Waals surface area contributed by atoms with Gasteiger partial charge in [0.15, 0.2) is 0 Å². The molecule has 1 rings (SSSR count). The maximum atomic E-state index is 5.90. The van der Waals surface area contributed by atoms with Crippen molar-refractivity contribution in [3.05, 3.63) is 29.3 Å². The van der Waals surface area contributed by atoms with Crippen LogP contribution in [0, 0.1) is 6.92 Å². The zero-order valence-corrected chi connectivity index (χ0v) is 13.9. The molecule has 2 atom stereocenters. The Morgan fingerprint density at radius 1 is 1.20 bits per heavy atom. The summed E-state index contributed by atoms with van der Waals surface area (Å²) in [5, 5.41) is 0. The van der Waals surface area contributed by atoms with Crippen molar-refractivity contribution in [3.8, 4) is 0 Å². The molecule has 1 aromatic carbocycles. The van der Waals surface area contributed by atoms with Crippen LogP contribution in [0.4, 0.5) is 5.69 Å². The van der Waals surface area contributed by atoms with E-state index < -0.39 is 0 Å². The molecule has 20 heavy (non-hydrogen) atoms. The Kier molecular flexibility index (Phi) is 7.08. The minimum atomic E-state index is 0.228. The zero-order valence-electron chi connectivity index (χ0n) is 13.9. The van der Waals surface area contributed by atoms with Gasteiger partial charge in [0, 0.05) is 24.3 Å². The average Bonchev–Trinajstić information content (AvgIpc) is 2.40.